The van der Waals surface area contributed by atoms with Crippen LogP contribution in [0.15, 0.2) is 27.6 Å². The Morgan fingerprint density at radius 2 is 1.79 bits per heavy atom. The molecule has 2 rings (SSSR count). The molecule has 1 aliphatic rings. The summed E-state index contributed by atoms with van der Waals surface area (Å²) in [5, 5.41) is 5.57. The molecule has 3 N–H and O–H groups in total. The minimum Gasteiger partial charge on any atom is -0.383 e. The average Bonchev–Trinajstić information content (AvgIpc) is 2.71. The molecule has 0 spiro atoms. The summed E-state index contributed by atoms with van der Waals surface area (Å²) in [5.74, 6) is -0.311. The number of ether oxygens (including phenoxy) is 1. The highest BCUT2D eigenvalue weighted by molar-refractivity contribution is 9.10. The molecule has 0 bridgehead atoms. The quantitative estimate of drug-likeness (QED) is 0.433. The predicted octanol–water partition coefficient (Wildman–Crippen LogP) is 1.80. The Kier molecular flexibility index (Phi) is 9.54. The first-order valence-corrected chi connectivity index (χ1v) is 12.0. The van der Waals surface area contributed by atoms with Crippen molar-refractivity contribution in [3.63, 3.8) is 0 Å². The molecular weight excluding hydrogens is 462 g/mol. The van der Waals surface area contributed by atoms with Crippen LogP contribution in [0.4, 0.5) is 0 Å². The lowest BCUT2D eigenvalue weighted by Crippen LogP contribution is -2.38. The zero-order chi connectivity index (χ0) is 21.3. The summed E-state index contributed by atoms with van der Waals surface area (Å²) >= 11 is 3.28. The van der Waals surface area contributed by atoms with Gasteiger partial charge in [0, 0.05) is 37.1 Å². The molecule has 0 atom stereocenters. The van der Waals surface area contributed by atoms with Crippen molar-refractivity contribution in [3.05, 3.63) is 28.2 Å². The van der Waals surface area contributed by atoms with Crippen LogP contribution >= 0.6 is 15.9 Å². The van der Waals surface area contributed by atoms with Gasteiger partial charge in [-0.3, -0.25) is 9.59 Å². The molecule has 0 radical (unpaired) electrons. The van der Waals surface area contributed by atoms with E-state index in [4.69, 9.17) is 4.74 Å². The summed E-state index contributed by atoms with van der Waals surface area (Å²) in [4.78, 5) is 24.6. The largest absolute Gasteiger partial charge is 0.383 e. The van der Waals surface area contributed by atoms with Gasteiger partial charge in [0.25, 0.3) is 5.91 Å². The standard InChI is InChI=1S/C19H28BrN3O5S/c1-28-12-11-23-29(26,27)15-7-8-17(20)16(13-15)19(25)22-10-9-21-18(24)14-5-3-2-4-6-14/h7-8,13-14,23H,2-6,9-12H2,1H3,(H,21,24)(H,22,25). The summed E-state index contributed by atoms with van der Waals surface area (Å²) in [6, 6.07) is 4.25. The van der Waals surface area contributed by atoms with Crippen molar-refractivity contribution >= 4 is 37.8 Å². The van der Waals surface area contributed by atoms with E-state index in [0.29, 0.717) is 11.0 Å². The summed E-state index contributed by atoms with van der Waals surface area (Å²) in [6.07, 6.45) is 5.20. The number of hydrogen-bond donors (Lipinski definition) is 3. The summed E-state index contributed by atoms with van der Waals surface area (Å²) in [6.45, 7) is 0.967. The van der Waals surface area contributed by atoms with Crippen LogP contribution in [0.25, 0.3) is 0 Å². The molecule has 0 heterocycles. The molecule has 1 aliphatic carbocycles. The van der Waals surface area contributed by atoms with E-state index in [0.717, 1.165) is 25.7 Å². The molecular formula is C19H28BrN3O5S. The van der Waals surface area contributed by atoms with Gasteiger partial charge in [0.05, 0.1) is 17.1 Å². The average molecular weight is 490 g/mol. The highest BCUT2D eigenvalue weighted by Crippen LogP contribution is 2.23. The Bertz CT molecular complexity index is 810. The molecule has 10 heteroatoms. The van der Waals surface area contributed by atoms with Crippen molar-refractivity contribution in [2.45, 2.75) is 37.0 Å². The maximum absolute atomic E-state index is 12.5. The lowest BCUT2D eigenvalue weighted by Gasteiger charge is -2.20. The fraction of sp³-hybridized carbons (Fsp3) is 0.579. The first kappa shape index (κ1) is 23.8. The number of sulfonamides is 1. The SMILES string of the molecule is COCCNS(=O)(=O)c1ccc(Br)c(C(=O)NCCNC(=O)C2CCCCC2)c1. The molecule has 0 aliphatic heterocycles. The summed E-state index contributed by atoms with van der Waals surface area (Å²) in [5.41, 5.74) is 0.207. The van der Waals surface area contributed by atoms with Crippen LogP contribution in [-0.4, -0.2) is 53.6 Å². The molecule has 8 nitrogen and oxygen atoms in total. The fourth-order valence-electron chi connectivity index (χ4n) is 3.17. The number of carbonyl (C=O) groups excluding carboxylic acids is 2. The van der Waals surface area contributed by atoms with E-state index in [9.17, 15) is 18.0 Å². The summed E-state index contributed by atoms with van der Waals surface area (Å²) in [7, 11) is -2.26. The second kappa shape index (κ2) is 11.6. The second-order valence-electron chi connectivity index (χ2n) is 6.91. The normalized spacial score (nSPS) is 15.1. The molecule has 0 aromatic heterocycles. The van der Waals surface area contributed by atoms with Gasteiger partial charge in [-0.15, -0.1) is 0 Å². The number of methoxy groups -OCH3 is 1. The second-order valence-corrected chi connectivity index (χ2v) is 9.54. The van der Waals surface area contributed by atoms with Gasteiger partial charge in [-0.25, -0.2) is 13.1 Å². The van der Waals surface area contributed by atoms with Gasteiger partial charge in [0.2, 0.25) is 15.9 Å². The fourth-order valence-corrected chi connectivity index (χ4v) is 4.64. The van der Waals surface area contributed by atoms with Crippen molar-refractivity contribution in [2.75, 3.05) is 33.4 Å². The Morgan fingerprint density at radius 1 is 1.10 bits per heavy atom. The Balaban J connectivity index is 1.88. The smallest absolute Gasteiger partial charge is 0.252 e. The molecule has 1 saturated carbocycles. The Labute approximate surface area is 180 Å². The van der Waals surface area contributed by atoms with Crippen LogP contribution in [0.2, 0.25) is 0 Å². The van der Waals surface area contributed by atoms with Crippen molar-refractivity contribution < 1.29 is 22.7 Å². The Morgan fingerprint density at radius 3 is 2.48 bits per heavy atom. The lowest BCUT2D eigenvalue weighted by atomic mass is 9.89. The molecule has 0 saturated heterocycles. The van der Waals surface area contributed by atoms with Crippen molar-refractivity contribution in [2.24, 2.45) is 5.92 Å². The number of hydrogen-bond acceptors (Lipinski definition) is 5. The molecule has 162 valence electrons. The number of nitrogens with one attached hydrogen (secondary N) is 3. The maximum Gasteiger partial charge on any atom is 0.252 e. The van der Waals surface area contributed by atoms with Crippen molar-refractivity contribution in [3.8, 4) is 0 Å². The minimum atomic E-state index is -3.74. The van der Waals surface area contributed by atoms with Crippen LogP contribution < -0.4 is 15.4 Å². The number of rotatable bonds is 10. The van der Waals surface area contributed by atoms with E-state index >= 15 is 0 Å². The van der Waals surface area contributed by atoms with Crippen LogP contribution in [0.1, 0.15) is 42.5 Å². The number of amides is 2. The van der Waals surface area contributed by atoms with E-state index in [1.165, 1.54) is 31.7 Å². The molecule has 2 amide bonds. The van der Waals surface area contributed by atoms with Gasteiger partial charge < -0.3 is 15.4 Å². The van der Waals surface area contributed by atoms with E-state index < -0.39 is 15.9 Å². The topological polar surface area (TPSA) is 114 Å². The maximum atomic E-state index is 12.5. The Hall–Kier alpha value is -1.49. The first-order valence-electron chi connectivity index (χ1n) is 9.69. The monoisotopic (exact) mass is 489 g/mol. The number of carbonyl (C=O) groups is 2. The minimum absolute atomic E-state index is 0.00689. The third kappa shape index (κ3) is 7.36. The third-order valence-electron chi connectivity index (χ3n) is 4.78. The van der Waals surface area contributed by atoms with Crippen LogP contribution in [0.3, 0.4) is 0 Å². The molecule has 29 heavy (non-hydrogen) atoms. The molecule has 1 aromatic rings. The van der Waals surface area contributed by atoms with Crippen molar-refractivity contribution in [1.29, 1.82) is 0 Å². The lowest BCUT2D eigenvalue weighted by molar-refractivity contribution is -0.125. The van der Waals surface area contributed by atoms with Gasteiger partial charge in [-0.2, -0.15) is 0 Å². The van der Waals surface area contributed by atoms with Gasteiger partial charge in [0.15, 0.2) is 0 Å². The molecule has 1 fully saturated rings. The van der Waals surface area contributed by atoms with E-state index in [-0.39, 0.29) is 42.0 Å². The summed E-state index contributed by atoms with van der Waals surface area (Å²) < 4.78 is 32.4. The van der Waals surface area contributed by atoms with Gasteiger partial charge in [-0.05, 0) is 47.0 Å². The zero-order valence-corrected chi connectivity index (χ0v) is 18.9. The first-order chi connectivity index (χ1) is 13.8. The molecule has 0 unspecified atom stereocenters. The number of benzene rings is 1. The van der Waals surface area contributed by atoms with Crippen molar-refractivity contribution in [1.82, 2.24) is 15.4 Å². The van der Waals surface area contributed by atoms with E-state index in [2.05, 4.69) is 31.3 Å². The van der Waals surface area contributed by atoms with Gasteiger partial charge in [-0.1, -0.05) is 19.3 Å². The van der Waals surface area contributed by atoms with Gasteiger partial charge in [0.1, 0.15) is 0 Å². The number of halogens is 1. The highest BCUT2D eigenvalue weighted by atomic mass is 79.9. The van der Waals surface area contributed by atoms with E-state index in [1.54, 1.807) is 0 Å². The van der Waals surface area contributed by atoms with Gasteiger partial charge >= 0.3 is 0 Å². The highest BCUT2D eigenvalue weighted by Gasteiger charge is 2.21. The predicted molar refractivity (Wildman–Crippen MR) is 113 cm³/mol. The van der Waals surface area contributed by atoms with Crippen LogP contribution in [-0.2, 0) is 19.6 Å². The van der Waals surface area contributed by atoms with Crippen LogP contribution in [0.5, 0.6) is 0 Å². The van der Waals surface area contributed by atoms with Crippen LogP contribution in [0, 0.1) is 5.92 Å². The molecule has 1 aromatic carbocycles. The van der Waals surface area contributed by atoms with E-state index in [1.807, 2.05) is 0 Å². The zero-order valence-electron chi connectivity index (χ0n) is 16.5. The third-order valence-corrected chi connectivity index (χ3v) is 6.93.